The number of carbonyl (C=O) groups is 1. The Kier molecular flexibility index (Phi) is 4.88. The number of thiophene rings is 1. The highest BCUT2D eigenvalue weighted by Gasteiger charge is 2.39. The van der Waals surface area contributed by atoms with Crippen molar-refractivity contribution in [2.24, 2.45) is 0 Å². The maximum Gasteiger partial charge on any atom is 0.425 e. The van der Waals surface area contributed by atoms with E-state index in [9.17, 15) is 18.0 Å². The minimum atomic E-state index is -4.45. The predicted molar refractivity (Wildman–Crippen MR) is 103 cm³/mol. The van der Waals surface area contributed by atoms with Crippen molar-refractivity contribution in [2.75, 3.05) is 10.7 Å². The van der Waals surface area contributed by atoms with Crippen molar-refractivity contribution < 1.29 is 18.0 Å². The molecule has 0 fully saturated rings. The van der Waals surface area contributed by atoms with E-state index in [4.69, 9.17) is 11.6 Å². The molecule has 3 aromatic rings. The molecule has 0 atom stereocenters. The van der Waals surface area contributed by atoms with Crippen LogP contribution >= 0.6 is 34.7 Å². The first kappa shape index (κ1) is 19.3. The normalized spacial score (nSPS) is 14.0. The van der Waals surface area contributed by atoms with Crippen molar-refractivity contribution in [3.8, 4) is 5.69 Å². The average Bonchev–Trinajstić information content (AvgIpc) is 3.31. The van der Waals surface area contributed by atoms with Gasteiger partial charge in [-0.1, -0.05) is 18.5 Å². The zero-order valence-electron chi connectivity index (χ0n) is 14.3. The number of rotatable bonds is 4. The van der Waals surface area contributed by atoms with Crippen molar-refractivity contribution in [1.82, 2.24) is 14.8 Å². The molecule has 1 aliphatic rings. The molecule has 0 bridgehead atoms. The topological polar surface area (TPSA) is 51.0 Å². The van der Waals surface area contributed by atoms with Gasteiger partial charge in [0.1, 0.15) is 10.7 Å². The number of hydrogen-bond acceptors (Lipinski definition) is 5. The predicted octanol–water partition coefficient (Wildman–Crippen LogP) is 5.27. The van der Waals surface area contributed by atoms with Gasteiger partial charge in [-0.05, 0) is 24.0 Å². The van der Waals surface area contributed by atoms with Gasteiger partial charge in [-0.2, -0.15) is 18.3 Å². The molecule has 0 aliphatic carbocycles. The lowest BCUT2D eigenvalue weighted by Gasteiger charge is -2.19. The van der Waals surface area contributed by atoms with Gasteiger partial charge in [-0.25, -0.2) is 9.67 Å². The van der Waals surface area contributed by atoms with E-state index >= 15 is 0 Å². The summed E-state index contributed by atoms with van der Waals surface area (Å²) in [6.45, 7) is 2.04. The summed E-state index contributed by atoms with van der Waals surface area (Å²) in [5, 5.41) is 4.47. The third-order valence-electron chi connectivity index (χ3n) is 4.06. The molecule has 3 aromatic heterocycles. The number of nitrogens with zero attached hydrogens (tertiary/aromatic N) is 4. The van der Waals surface area contributed by atoms with Crippen LogP contribution in [0.4, 0.5) is 19.0 Å². The van der Waals surface area contributed by atoms with Crippen LogP contribution < -0.4 is 4.90 Å². The lowest BCUT2D eigenvalue weighted by molar-refractivity contribution is -0.134. The van der Waals surface area contributed by atoms with Crippen LogP contribution in [0.5, 0.6) is 0 Å². The molecule has 0 radical (unpaired) electrons. The number of amides is 1. The number of alkyl halides is 3. The van der Waals surface area contributed by atoms with Crippen molar-refractivity contribution >= 4 is 46.4 Å². The Morgan fingerprint density at radius 3 is 2.75 bits per heavy atom. The van der Waals surface area contributed by atoms with E-state index < -0.39 is 17.0 Å². The Labute approximate surface area is 171 Å². The highest BCUT2D eigenvalue weighted by Crippen LogP contribution is 2.42. The highest BCUT2D eigenvalue weighted by molar-refractivity contribution is 7.99. The molecular formula is C17H12ClF3N4OS2. The van der Waals surface area contributed by atoms with Gasteiger partial charge >= 0.3 is 6.18 Å². The maximum atomic E-state index is 12.9. The number of pyridine rings is 1. The highest BCUT2D eigenvalue weighted by atomic mass is 35.5. The Morgan fingerprint density at radius 1 is 1.36 bits per heavy atom. The molecule has 5 nitrogen and oxygen atoms in total. The van der Waals surface area contributed by atoms with Crippen LogP contribution in [0.3, 0.4) is 0 Å². The average molecular weight is 445 g/mol. The van der Waals surface area contributed by atoms with Crippen LogP contribution in [0.2, 0.25) is 5.15 Å². The van der Waals surface area contributed by atoms with Crippen LogP contribution in [-0.2, 0) is 12.7 Å². The Hall–Kier alpha value is -2.04. The lowest BCUT2D eigenvalue weighted by atomic mass is 10.2. The van der Waals surface area contributed by atoms with E-state index in [1.165, 1.54) is 16.7 Å². The van der Waals surface area contributed by atoms with Gasteiger partial charge in [0.15, 0.2) is 5.15 Å². The van der Waals surface area contributed by atoms with Crippen molar-refractivity contribution in [3.63, 3.8) is 0 Å². The number of hydrogen-bond donors (Lipinski definition) is 0. The summed E-state index contributed by atoms with van der Waals surface area (Å²) in [6, 6.07) is 4.40. The van der Waals surface area contributed by atoms with E-state index in [1.54, 1.807) is 23.1 Å². The molecule has 1 amide bonds. The number of aromatic nitrogens is 3. The molecule has 0 saturated heterocycles. The quantitative estimate of drug-likeness (QED) is 0.514. The molecule has 0 N–H and O–H groups in total. The maximum absolute atomic E-state index is 12.9. The molecule has 0 saturated carbocycles. The van der Waals surface area contributed by atoms with E-state index in [-0.39, 0.29) is 12.1 Å². The molecular weight excluding hydrogens is 433 g/mol. The van der Waals surface area contributed by atoms with Gasteiger partial charge in [0.05, 0.1) is 28.9 Å². The van der Waals surface area contributed by atoms with Crippen molar-refractivity contribution in [3.05, 3.63) is 51.1 Å². The van der Waals surface area contributed by atoms with Gasteiger partial charge in [0.2, 0.25) is 0 Å². The summed E-state index contributed by atoms with van der Waals surface area (Å²) in [5.74, 6) is 0.693. The molecule has 0 unspecified atom stereocenters. The van der Waals surface area contributed by atoms with Crippen LogP contribution in [0.1, 0.15) is 27.0 Å². The lowest BCUT2D eigenvalue weighted by Crippen LogP contribution is -2.25. The van der Waals surface area contributed by atoms with Crippen LogP contribution in [0.15, 0.2) is 35.5 Å². The summed E-state index contributed by atoms with van der Waals surface area (Å²) in [6.07, 6.45) is -1.20. The van der Waals surface area contributed by atoms with E-state index in [0.717, 1.165) is 16.7 Å². The summed E-state index contributed by atoms with van der Waals surface area (Å²) in [5.41, 5.74) is 0.766. The minimum Gasteiger partial charge on any atom is -0.286 e. The van der Waals surface area contributed by atoms with Crippen molar-refractivity contribution in [2.45, 2.75) is 24.5 Å². The standard InChI is InChI=1S/C17H12ClF3N4OS2/c1-2-27-11-5-9(25-4-3-14(18)23-25)7-22-15(11)24-8-12-10(16(24)26)6-13(28-12)17(19,20)21/h3-7H,2,8H2,1H3. The van der Waals surface area contributed by atoms with E-state index in [0.29, 0.717) is 32.9 Å². The van der Waals surface area contributed by atoms with Crippen LogP contribution in [0, 0.1) is 0 Å². The van der Waals surface area contributed by atoms with Crippen LogP contribution in [0.25, 0.3) is 5.69 Å². The number of carbonyl (C=O) groups excluding carboxylic acids is 1. The second-order valence-corrected chi connectivity index (χ2v) is 8.70. The third-order valence-corrected chi connectivity index (χ3v) is 6.33. The van der Waals surface area contributed by atoms with Gasteiger partial charge < -0.3 is 0 Å². The summed E-state index contributed by atoms with van der Waals surface area (Å²) in [7, 11) is 0. The Morgan fingerprint density at radius 2 is 2.14 bits per heavy atom. The van der Waals surface area contributed by atoms with Gasteiger partial charge in [-0.15, -0.1) is 23.1 Å². The molecule has 28 heavy (non-hydrogen) atoms. The zero-order valence-corrected chi connectivity index (χ0v) is 16.7. The summed E-state index contributed by atoms with van der Waals surface area (Å²) >= 11 is 7.95. The smallest absolute Gasteiger partial charge is 0.286 e. The summed E-state index contributed by atoms with van der Waals surface area (Å²) < 4.78 is 40.3. The first-order valence-corrected chi connectivity index (χ1v) is 10.3. The first-order valence-electron chi connectivity index (χ1n) is 8.14. The largest absolute Gasteiger partial charge is 0.425 e. The fourth-order valence-corrected chi connectivity index (χ4v) is 4.81. The molecule has 4 heterocycles. The van der Waals surface area contributed by atoms with Gasteiger partial charge in [-0.3, -0.25) is 9.69 Å². The molecule has 1 aliphatic heterocycles. The first-order chi connectivity index (χ1) is 13.3. The van der Waals surface area contributed by atoms with E-state index in [1.807, 2.05) is 13.0 Å². The Bertz CT molecular complexity index is 1060. The fraction of sp³-hybridized carbons (Fsp3) is 0.235. The third kappa shape index (κ3) is 3.40. The second-order valence-electron chi connectivity index (χ2n) is 5.87. The monoisotopic (exact) mass is 444 g/mol. The van der Waals surface area contributed by atoms with Gasteiger partial charge in [0.25, 0.3) is 5.91 Å². The summed E-state index contributed by atoms with van der Waals surface area (Å²) in [4.78, 5) is 18.9. The molecule has 146 valence electrons. The minimum absolute atomic E-state index is 0.0755. The molecule has 11 heteroatoms. The van der Waals surface area contributed by atoms with E-state index in [2.05, 4.69) is 10.1 Å². The zero-order chi connectivity index (χ0) is 20.1. The van der Waals surface area contributed by atoms with Crippen molar-refractivity contribution in [1.29, 1.82) is 0 Å². The second kappa shape index (κ2) is 7.09. The SMILES string of the molecule is CCSc1cc(-n2ccc(Cl)n2)cnc1N1Cc2sc(C(F)(F)F)cc2C1=O. The molecule has 0 spiro atoms. The number of halogens is 4. The number of anilines is 1. The number of thioether (sulfide) groups is 1. The fourth-order valence-electron chi connectivity index (χ4n) is 2.86. The number of fused-ring (bicyclic) bond motifs is 1. The molecule has 4 rings (SSSR count). The van der Waals surface area contributed by atoms with Crippen LogP contribution in [-0.4, -0.2) is 26.4 Å². The van der Waals surface area contributed by atoms with Gasteiger partial charge in [0, 0.05) is 11.1 Å². The Balaban J connectivity index is 1.68. The molecule has 0 aromatic carbocycles.